The van der Waals surface area contributed by atoms with E-state index in [9.17, 15) is 12.9 Å². The van der Waals surface area contributed by atoms with Gasteiger partial charge in [0.1, 0.15) is 0 Å². The molecule has 0 heterocycles. The van der Waals surface area contributed by atoms with E-state index >= 15 is 0 Å². The van der Waals surface area contributed by atoms with Crippen molar-refractivity contribution in [1.29, 1.82) is 0 Å². The lowest BCUT2D eigenvalue weighted by atomic mass is 9.89. The molecule has 0 aromatic carbocycles. The molecule has 0 saturated carbocycles. The summed E-state index contributed by atoms with van der Waals surface area (Å²) in [7, 11) is 0. The minimum atomic E-state index is -4.93. The summed E-state index contributed by atoms with van der Waals surface area (Å²) >= 11 is 0. The Morgan fingerprint density at radius 1 is 1.10 bits per heavy atom. The highest BCUT2D eigenvalue weighted by Gasteiger charge is 2.19. The normalized spacial score (nSPS) is 12.2. The molecule has 0 spiro atoms. The van der Waals surface area contributed by atoms with Crippen molar-refractivity contribution in [2.24, 2.45) is 5.41 Å². The van der Waals surface area contributed by atoms with E-state index in [1.165, 1.54) is 5.82 Å². The molecule has 0 unspecified atom stereocenters. The Bertz CT molecular complexity index is 146. The van der Waals surface area contributed by atoms with Crippen LogP contribution >= 0.6 is 0 Å². The van der Waals surface area contributed by atoms with Crippen LogP contribution in [0.2, 0.25) is 0 Å². The zero-order valence-electron chi connectivity index (χ0n) is 6.21. The lowest BCUT2D eigenvalue weighted by Crippen LogP contribution is -2.13. The standard InChI is InChI=1S/C6H9BF3/c1-6(2,3)4-5-7(8,9)10/h1-3H3/q-1. The Kier molecular flexibility index (Phi) is 2.42. The first-order chi connectivity index (χ1) is 4.21. The third-order valence-corrected chi connectivity index (χ3v) is 0.611. The highest BCUT2D eigenvalue weighted by molar-refractivity contribution is 6.67. The summed E-state index contributed by atoms with van der Waals surface area (Å²) in [5, 5.41) is 0. The van der Waals surface area contributed by atoms with Gasteiger partial charge in [0.15, 0.2) is 0 Å². The summed E-state index contributed by atoms with van der Waals surface area (Å²) in [6, 6.07) is 0. The van der Waals surface area contributed by atoms with Crippen molar-refractivity contribution >= 4 is 6.98 Å². The van der Waals surface area contributed by atoms with Crippen LogP contribution in [-0.4, -0.2) is 6.98 Å². The maximum absolute atomic E-state index is 11.5. The SMILES string of the molecule is CC(C)(C)C#C[B-](F)(F)F. The van der Waals surface area contributed by atoms with Crippen LogP contribution in [0.15, 0.2) is 0 Å². The second-order valence-corrected chi connectivity index (χ2v) is 3.09. The van der Waals surface area contributed by atoms with Crippen LogP contribution in [0, 0.1) is 17.2 Å². The summed E-state index contributed by atoms with van der Waals surface area (Å²) in [5.41, 5.74) is -0.558. The number of hydrogen-bond acceptors (Lipinski definition) is 0. The number of halogens is 3. The van der Waals surface area contributed by atoms with Crippen molar-refractivity contribution in [1.82, 2.24) is 0 Å². The van der Waals surface area contributed by atoms with Gasteiger partial charge in [-0.05, 0) is 20.8 Å². The van der Waals surface area contributed by atoms with Crippen molar-refractivity contribution < 1.29 is 12.9 Å². The van der Waals surface area contributed by atoms with Gasteiger partial charge in [-0.15, -0.1) is 5.92 Å². The first-order valence-electron chi connectivity index (χ1n) is 2.94. The summed E-state index contributed by atoms with van der Waals surface area (Å²) in [6.45, 7) is -0.00521. The lowest BCUT2D eigenvalue weighted by Gasteiger charge is -2.10. The molecule has 10 heavy (non-hydrogen) atoms. The van der Waals surface area contributed by atoms with Crippen molar-refractivity contribution in [3.63, 3.8) is 0 Å². The molecule has 0 radical (unpaired) electrons. The molecule has 0 aromatic rings. The molecule has 4 heteroatoms. The lowest BCUT2D eigenvalue weighted by molar-refractivity contribution is 0.501. The highest BCUT2D eigenvalue weighted by atomic mass is 19.4. The Morgan fingerprint density at radius 2 is 1.50 bits per heavy atom. The van der Waals surface area contributed by atoms with E-state index < -0.39 is 12.4 Å². The van der Waals surface area contributed by atoms with Crippen LogP contribution in [0.25, 0.3) is 0 Å². The van der Waals surface area contributed by atoms with Crippen LogP contribution in [0.4, 0.5) is 12.9 Å². The summed E-state index contributed by atoms with van der Waals surface area (Å²) in [5.74, 6) is 3.39. The topological polar surface area (TPSA) is 0 Å². The molecule has 0 aromatic heterocycles. The molecule has 0 rings (SSSR count). The predicted molar refractivity (Wildman–Crippen MR) is 36.3 cm³/mol. The maximum atomic E-state index is 11.5. The molecule has 0 atom stereocenters. The van der Waals surface area contributed by atoms with Gasteiger partial charge < -0.3 is 12.9 Å². The van der Waals surface area contributed by atoms with E-state index in [0.717, 1.165) is 0 Å². The van der Waals surface area contributed by atoms with E-state index in [1.54, 1.807) is 20.8 Å². The highest BCUT2D eigenvalue weighted by Crippen LogP contribution is 2.12. The van der Waals surface area contributed by atoms with E-state index in [1.807, 2.05) is 0 Å². The van der Waals surface area contributed by atoms with Gasteiger partial charge in [0, 0.05) is 5.41 Å². The second-order valence-electron chi connectivity index (χ2n) is 3.09. The van der Waals surface area contributed by atoms with Crippen molar-refractivity contribution in [3.05, 3.63) is 0 Å². The van der Waals surface area contributed by atoms with Crippen LogP contribution in [-0.2, 0) is 0 Å². The minimum Gasteiger partial charge on any atom is -0.438 e. The molecular formula is C6H9BF3-. The predicted octanol–water partition coefficient (Wildman–Crippen LogP) is 2.42. The fraction of sp³-hybridized carbons (Fsp3) is 0.667. The molecule has 0 aliphatic rings. The number of hydrogen-bond donors (Lipinski definition) is 0. The van der Waals surface area contributed by atoms with Crippen molar-refractivity contribution in [2.75, 3.05) is 0 Å². The Hall–Kier alpha value is -0.585. The maximum Gasteiger partial charge on any atom is 0.557 e. The van der Waals surface area contributed by atoms with Gasteiger partial charge in [-0.2, -0.15) is 0 Å². The molecule has 0 amide bonds. The van der Waals surface area contributed by atoms with E-state index in [-0.39, 0.29) is 0 Å². The van der Waals surface area contributed by atoms with Crippen LogP contribution < -0.4 is 0 Å². The molecule has 0 aliphatic carbocycles. The third-order valence-electron chi connectivity index (χ3n) is 0.611. The van der Waals surface area contributed by atoms with Crippen molar-refractivity contribution in [3.8, 4) is 11.7 Å². The molecule has 0 nitrogen and oxygen atoms in total. The molecule has 0 saturated heterocycles. The third kappa shape index (κ3) is 7.41. The summed E-state index contributed by atoms with van der Waals surface area (Å²) in [6.07, 6.45) is 0. The zero-order chi connectivity index (χ0) is 8.41. The van der Waals surface area contributed by atoms with E-state index in [2.05, 4.69) is 5.92 Å². The fourth-order valence-electron chi connectivity index (χ4n) is 0.298. The van der Waals surface area contributed by atoms with Gasteiger partial charge in [0.25, 0.3) is 0 Å². The van der Waals surface area contributed by atoms with Crippen LogP contribution in [0.3, 0.4) is 0 Å². The largest absolute Gasteiger partial charge is 0.557 e. The van der Waals surface area contributed by atoms with Gasteiger partial charge in [0.05, 0.1) is 0 Å². The minimum absolute atomic E-state index is 0.558. The van der Waals surface area contributed by atoms with E-state index in [4.69, 9.17) is 0 Å². The van der Waals surface area contributed by atoms with Gasteiger partial charge >= 0.3 is 6.98 Å². The fourth-order valence-corrected chi connectivity index (χ4v) is 0.298. The van der Waals surface area contributed by atoms with Crippen LogP contribution in [0.1, 0.15) is 20.8 Å². The first-order valence-corrected chi connectivity index (χ1v) is 2.94. The van der Waals surface area contributed by atoms with Crippen molar-refractivity contribution in [2.45, 2.75) is 20.8 Å². The summed E-state index contributed by atoms with van der Waals surface area (Å²) < 4.78 is 34.4. The van der Waals surface area contributed by atoms with Gasteiger partial charge in [-0.25, -0.2) is 5.82 Å². The van der Waals surface area contributed by atoms with Gasteiger partial charge in [-0.1, -0.05) is 0 Å². The molecule has 58 valence electrons. The number of rotatable bonds is 0. The smallest absolute Gasteiger partial charge is 0.438 e. The van der Waals surface area contributed by atoms with E-state index in [0.29, 0.717) is 0 Å². The molecule has 0 bridgehead atoms. The zero-order valence-corrected chi connectivity index (χ0v) is 6.21. The molecule has 0 fully saturated rings. The second kappa shape index (κ2) is 2.57. The Morgan fingerprint density at radius 3 is 1.60 bits per heavy atom. The molecule has 0 N–H and O–H groups in total. The Balaban J connectivity index is 4.19. The Labute approximate surface area is 58.9 Å². The van der Waals surface area contributed by atoms with Crippen LogP contribution in [0.5, 0.6) is 0 Å². The average Bonchev–Trinajstić information content (AvgIpc) is 1.57. The molecule has 0 aliphatic heterocycles. The molecular weight excluding hydrogens is 140 g/mol. The quantitative estimate of drug-likeness (QED) is 0.366. The average molecular weight is 149 g/mol. The van der Waals surface area contributed by atoms with Gasteiger partial charge in [0.2, 0.25) is 0 Å². The van der Waals surface area contributed by atoms with Gasteiger partial charge in [-0.3, -0.25) is 0 Å². The monoisotopic (exact) mass is 149 g/mol. The summed E-state index contributed by atoms with van der Waals surface area (Å²) in [4.78, 5) is 0. The first kappa shape index (κ1) is 9.41.